The Kier molecular flexibility index (Phi) is 1.34. The van der Waals surface area contributed by atoms with Crippen molar-refractivity contribution in [1.29, 1.82) is 0 Å². The Morgan fingerprint density at radius 1 is 1.88 bits per heavy atom. The van der Waals surface area contributed by atoms with E-state index in [0.717, 1.165) is 0 Å². The fraction of sp³-hybridized carbons (Fsp3) is 0.250. The van der Waals surface area contributed by atoms with Gasteiger partial charge in [-0.15, -0.1) is 11.3 Å². The van der Waals surface area contributed by atoms with Crippen LogP contribution in [0.2, 0.25) is 0 Å². The molecule has 1 aromatic heterocycles. The molecule has 0 amide bonds. The first kappa shape index (κ1) is 5.37. The third-order valence-corrected chi connectivity index (χ3v) is 1.36. The van der Waals surface area contributed by atoms with Gasteiger partial charge in [0, 0.05) is 0 Å². The van der Waals surface area contributed by atoms with Gasteiger partial charge in [0.25, 0.3) is 0 Å². The summed E-state index contributed by atoms with van der Waals surface area (Å²) in [6.07, 6.45) is 0. The Balaban J connectivity index is 2.84. The molecule has 0 atom stereocenters. The van der Waals surface area contributed by atoms with Crippen LogP contribution in [0.4, 0.5) is 5.13 Å². The highest BCUT2D eigenvalue weighted by molar-refractivity contribution is 7.13. The van der Waals surface area contributed by atoms with Crippen LogP contribution in [0, 0.1) is 0 Å². The van der Waals surface area contributed by atoms with Crippen molar-refractivity contribution in [3.05, 3.63) is 5.38 Å². The number of aromatic nitrogens is 1. The van der Waals surface area contributed by atoms with E-state index in [0.29, 0.717) is 11.0 Å². The SMILES string of the molecule is COc1csc(N)n1. The van der Waals surface area contributed by atoms with Crippen molar-refractivity contribution in [2.24, 2.45) is 0 Å². The lowest BCUT2D eigenvalue weighted by Crippen LogP contribution is -1.84. The number of anilines is 1. The van der Waals surface area contributed by atoms with E-state index in [-0.39, 0.29) is 0 Å². The monoisotopic (exact) mass is 130 g/mol. The van der Waals surface area contributed by atoms with Gasteiger partial charge in [-0.1, -0.05) is 0 Å². The van der Waals surface area contributed by atoms with Gasteiger partial charge in [-0.3, -0.25) is 0 Å². The topological polar surface area (TPSA) is 48.1 Å². The van der Waals surface area contributed by atoms with Crippen LogP contribution in [0.25, 0.3) is 0 Å². The molecular weight excluding hydrogens is 124 g/mol. The molecule has 0 aromatic carbocycles. The number of thiazole rings is 1. The zero-order chi connectivity index (χ0) is 5.98. The van der Waals surface area contributed by atoms with E-state index in [1.807, 2.05) is 0 Å². The molecule has 0 saturated heterocycles. The summed E-state index contributed by atoms with van der Waals surface area (Å²) in [6.45, 7) is 0. The lowest BCUT2D eigenvalue weighted by molar-refractivity contribution is 0.401. The summed E-state index contributed by atoms with van der Waals surface area (Å²) < 4.78 is 4.75. The van der Waals surface area contributed by atoms with E-state index in [1.54, 1.807) is 12.5 Å². The first-order valence-corrected chi connectivity index (χ1v) is 2.96. The van der Waals surface area contributed by atoms with Crippen molar-refractivity contribution < 1.29 is 4.74 Å². The Morgan fingerprint density at radius 3 is 2.88 bits per heavy atom. The molecule has 8 heavy (non-hydrogen) atoms. The van der Waals surface area contributed by atoms with Crippen LogP contribution < -0.4 is 10.5 Å². The minimum absolute atomic E-state index is 0.543. The molecule has 1 heterocycles. The third kappa shape index (κ3) is 0.894. The number of nitrogen functional groups attached to an aromatic ring is 1. The van der Waals surface area contributed by atoms with Crippen LogP contribution in [0.1, 0.15) is 0 Å². The maximum Gasteiger partial charge on any atom is 0.226 e. The fourth-order valence-corrected chi connectivity index (χ4v) is 0.879. The molecule has 4 heteroatoms. The first-order valence-electron chi connectivity index (χ1n) is 2.08. The Morgan fingerprint density at radius 2 is 2.62 bits per heavy atom. The average Bonchev–Trinajstić information content (AvgIpc) is 2.14. The predicted molar refractivity (Wildman–Crippen MR) is 33.1 cm³/mol. The van der Waals surface area contributed by atoms with E-state index in [1.165, 1.54) is 11.3 Å². The lowest BCUT2D eigenvalue weighted by Gasteiger charge is -1.85. The van der Waals surface area contributed by atoms with Gasteiger partial charge in [-0.2, -0.15) is 4.98 Å². The Bertz CT molecular complexity index is 174. The van der Waals surface area contributed by atoms with E-state index in [4.69, 9.17) is 10.5 Å². The average molecular weight is 130 g/mol. The maximum absolute atomic E-state index is 5.28. The number of hydrogen-bond acceptors (Lipinski definition) is 4. The molecular formula is C4H6N2OS. The third-order valence-electron chi connectivity index (χ3n) is 0.710. The summed E-state index contributed by atoms with van der Waals surface area (Å²) in [5, 5.41) is 2.30. The van der Waals surface area contributed by atoms with Gasteiger partial charge < -0.3 is 10.5 Å². The zero-order valence-corrected chi connectivity index (χ0v) is 5.23. The molecule has 0 spiro atoms. The predicted octanol–water partition coefficient (Wildman–Crippen LogP) is 0.734. The van der Waals surface area contributed by atoms with E-state index in [9.17, 15) is 0 Å². The van der Waals surface area contributed by atoms with Crippen LogP contribution in [0.5, 0.6) is 5.88 Å². The molecule has 0 fully saturated rings. The van der Waals surface area contributed by atoms with Gasteiger partial charge in [-0.05, 0) is 0 Å². The van der Waals surface area contributed by atoms with Crippen LogP contribution in [0.15, 0.2) is 5.38 Å². The van der Waals surface area contributed by atoms with E-state index < -0.39 is 0 Å². The van der Waals surface area contributed by atoms with E-state index in [2.05, 4.69) is 4.98 Å². The smallest absolute Gasteiger partial charge is 0.226 e. The summed E-state index contributed by atoms with van der Waals surface area (Å²) in [7, 11) is 1.56. The molecule has 0 radical (unpaired) electrons. The molecule has 0 bridgehead atoms. The maximum atomic E-state index is 5.28. The van der Waals surface area contributed by atoms with Gasteiger partial charge in [0.15, 0.2) is 5.13 Å². The molecule has 44 valence electrons. The number of ether oxygens (including phenoxy) is 1. The molecule has 0 aliphatic heterocycles. The van der Waals surface area contributed by atoms with Gasteiger partial charge in [0.05, 0.1) is 12.5 Å². The van der Waals surface area contributed by atoms with Gasteiger partial charge >= 0.3 is 0 Å². The number of hydrogen-bond donors (Lipinski definition) is 1. The Labute approximate surface area is 51.1 Å². The molecule has 2 N–H and O–H groups in total. The first-order chi connectivity index (χ1) is 3.83. The summed E-state index contributed by atoms with van der Waals surface area (Å²) in [6, 6.07) is 0. The molecule has 0 aliphatic carbocycles. The molecule has 0 unspecified atom stereocenters. The summed E-state index contributed by atoms with van der Waals surface area (Å²) >= 11 is 1.37. The van der Waals surface area contributed by atoms with Gasteiger partial charge in [0.2, 0.25) is 5.88 Å². The number of nitrogens with two attached hydrogens (primary N) is 1. The second-order valence-corrected chi connectivity index (χ2v) is 2.12. The highest BCUT2D eigenvalue weighted by atomic mass is 32.1. The Hall–Kier alpha value is -0.770. The van der Waals surface area contributed by atoms with E-state index >= 15 is 0 Å². The summed E-state index contributed by atoms with van der Waals surface area (Å²) in [5.41, 5.74) is 5.28. The van der Waals surface area contributed by atoms with Crippen molar-refractivity contribution in [2.45, 2.75) is 0 Å². The summed E-state index contributed by atoms with van der Waals surface area (Å²) in [5.74, 6) is 0.590. The molecule has 1 rings (SSSR count). The fourth-order valence-electron chi connectivity index (χ4n) is 0.366. The van der Waals surface area contributed by atoms with Crippen LogP contribution >= 0.6 is 11.3 Å². The molecule has 0 saturated carbocycles. The highest BCUT2D eigenvalue weighted by Crippen LogP contribution is 2.16. The minimum Gasteiger partial charge on any atom is -0.480 e. The largest absolute Gasteiger partial charge is 0.480 e. The van der Waals surface area contributed by atoms with Crippen molar-refractivity contribution in [3.63, 3.8) is 0 Å². The number of rotatable bonds is 1. The van der Waals surface area contributed by atoms with Crippen molar-refractivity contribution in [1.82, 2.24) is 4.98 Å². The molecule has 0 aliphatic rings. The number of methoxy groups -OCH3 is 1. The number of nitrogens with zero attached hydrogens (tertiary/aromatic N) is 1. The van der Waals surface area contributed by atoms with Gasteiger partial charge in [0.1, 0.15) is 0 Å². The zero-order valence-electron chi connectivity index (χ0n) is 4.42. The molecule has 1 aromatic rings. The van der Waals surface area contributed by atoms with Crippen LogP contribution in [-0.2, 0) is 0 Å². The normalized spacial score (nSPS) is 9.12. The highest BCUT2D eigenvalue weighted by Gasteiger charge is 1.93. The molecule has 3 nitrogen and oxygen atoms in total. The van der Waals surface area contributed by atoms with Crippen LogP contribution in [0.3, 0.4) is 0 Å². The van der Waals surface area contributed by atoms with Crippen molar-refractivity contribution in [2.75, 3.05) is 12.8 Å². The quantitative estimate of drug-likeness (QED) is 0.609. The second-order valence-electron chi connectivity index (χ2n) is 1.23. The van der Waals surface area contributed by atoms with Crippen molar-refractivity contribution >= 4 is 16.5 Å². The lowest BCUT2D eigenvalue weighted by atomic mass is 10.9. The van der Waals surface area contributed by atoms with Gasteiger partial charge in [-0.25, -0.2) is 0 Å². The second kappa shape index (κ2) is 2.00. The van der Waals surface area contributed by atoms with Crippen molar-refractivity contribution in [3.8, 4) is 5.88 Å². The summed E-state index contributed by atoms with van der Waals surface area (Å²) in [4.78, 5) is 3.80. The minimum atomic E-state index is 0.543. The standard InChI is InChI=1S/C4H6N2OS/c1-7-3-2-8-4(5)6-3/h2H,1H3,(H2,5,6). The van der Waals surface area contributed by atoms with Crippen LogP contribution in [-0.4, -0.2) is 12.1 Å².